The van der Waals surface area contributed by atoms with Gasteiger partial charge in [-0.15, -0.1) is 6.58 Å². The maximum atomic E-state index is 11.6. The topological polar surface area (TPSA) is 35.5 Å². The molecule has 0 aromatic rings. The second kappa shape index (κ2) is 9.98. The molecule has 0 spiro atoms. The van der Waals surface area contributed by atoms with E-state index >= 15 is 0 Å². The van der Waals surface area contributed by atoms with Crippen LogP contribution in [-0.2, 0) is 14.3 Å². The van der Waals surface area contributed by atoms with E-state index in [0.29, 0.717) is 13.0 Å². The fourth-order valence-corrected chi connectivity index (χ4v) is 2.35. The summed E-state index contributed by atoms with van der Waals surface area (Å²) in [6.45, 7) is 7.85. The van der Waals surface area contributed by atoms with Crippen LogP contribution in [0.5, 0.6) is 0 Å². The Labute approximate surface area is 123 Å². The second-order valence-electron chi connectivity index (χ2n) is 5.96. The van der Waals surface area contributed by atoms with E-state index in [9.17, 15) is 4.79 Å². The van der Waals surface area contributed by atoms with E-state index < -0.39 is 0 Å². The SMILES string of the molecule is C=CCCCCCCCCC(=O)OCC1(CC)COC1. The molecule has 20 heavy (non-hydrogen) atoms. The van der Waals surface area contributed by atoms with Crippen molar-refractivity contribution in [3.05, 3.63) is 12.7 Å². The predicted octanol–water partition coefficient (Wildman–Crippen LogP) is 4.26. The van der Waals surface area contributed by atoms with Crippen molar-refractivity contribution in [3.8, 4) is 0 Å². The van der Waals surface area contributed by atoms with Crippen molar-refractivity contribution in [1.29, 1.82) is 0 Å². The van der Waals surface area contributed by atoms with Gasteiger partial charge in [0, 0.05) is 6.42 Å². The number of allylic oxidation sites excluding steroid dienone is 1. The van der Waals surface area contributed by atoms with Crippen molar-refractivity contribution in [1.82, 2.24) is 0 Å². The molecule has 1 fully saturated rings. The third-order valence-corrected chi connectivity index (χ3v) is 4.14. The molecule has 0 amide bonds. The molecule has 0 bridgehead atoms. The maximum Gasteiger partial charge on any atom is 0.305 e. The Morgan fingerprint density at radius 3 is 2.40 bits per heavy atom. The van der Waals surface area contributed by atoms with Crippen molar-refractivity contribution >= 4 is 5.97 Å². The van der Waals surface area contributed by atoms with E-state index in [-0.39, 0.29) is 11.4 Å². The Kier molecular flexibility index (Phi) is 8.59. The lowest BCUT2D eigenvalue weighted by Crippen LogP contribution is -2.46. The minimum Gasteiger partial charge on any atom is -0.465 e. The summed E-state index contributed by atoms with van der Waals surface area (Å²) >= 11 is 0. The lowest BCUT2D eigenvalue weighted by molar-refractivity contribution is -0.170. The molecule has 1 heterocycles. The molecule has 0 N–H and O–H groups in total. The molecule has 116 valence electrons. The molecule has 1 rings (SSSR count). The summed E-state index contributed by atoms with van der Waals surface area (Å²) in [7, 11) is 0. The van der Waals surface area contributed by atoms with Gasteiger partial charge < -0.3 is 9.47 Å². The van der Waals surface area contributed by atoms with Crippen LogP contribution in [0, 0.1) is 5.41 Å². The number of rotatable bonds is 12. The fraction of sp³-hybridized carbons (Fsp3) is 0.824. The van der Waals surface area contributed by atoms with Crippen molar-refractivity contribution in [2.45, 2.75) is 64.7 Å². The minimum absolute atomic E-state index is 0.0450. The number of hydrogen-bond acceptors (Lipinski definition) is 3. The minimum atomic E-state index is -0.0450. The zero-order chi connectivity index (χ0) is 14.7. The van der Waals surface area contributed by atoms with Crippen LogP contribution in [0.3, 0.4) is 0 Å². The van der Waals surface area contributed by atoms with Gasteiger partial charge in [-0.1, -0.05) is 38.7 Å². The van der Waals surface area contributed by atoms with E-state index in [2.05, 4.69) is 13.5 Å². The van der Waals surface area contributed by atoms with Crippen LogP contribution >= 0.6 is 0 Å². The summed E-state index contributed by atoms with van der Waals surface area (Å²) in [6.07, 6.45) is 11.8. The average molecular weight is 282 g/mol. The fourth-order valence-electron chi connectivity index (χ4n) is 2.35. The molecule has 0 aromatic heterocycles. The summed E-state index contributed by atoms with van der Waals surface area (Å²) in [5.74, 6) is -0.0450. The van der Waals surface area contributed by atoms with Gasteiger partial charge in [-0.25, -0.2) is 0 Å². The van der Waals surface area contributed by atoms with Gasteiger partial charge in [-0.3, -0.25) is 4.79 Å². The van der Waals surface area contributed by atoms with E-state index in [4.69, 9.17) is 9.47 Å². The molecule has 1 saturated heterocycles. The maximum absolute atomic E-state index is 11.6. The molecule has 3 heteroatoms. The van der Waals surface area contributed by atoms with E-state index in [1.54, 1.807) is 0 Å². The van der Waals surface area contributed by atoms with Crippen molar-refractivity contribution in [2.24, 2.45) is 5.41 Å². The van der Waals surface area contributed by atoms with E-state index in [1.807, 2.05) is 6.08 Å². The number of carbonyl (C=O) groups is 1. The highest BCUT2D eigenvalue weighted by Gasteiger charge is 2.38. The van der Waals surface area contributed by atoms with E-state index in [1.165, 1.54) is 25.7 Å². The first-order valence-corrected chi connectivity index (χ1v) is 8.07. The summed E-state index contributed by atoms with van der Waals surface area (Å²) < 4.78 is 10.6. The zero-order valence-electron chi connectivity index (χ0n) is 13.0. The quantitative estimate of drug-likeness (QED) is 0.305. The van der Waals surface area contributed by atoms with Gasteiger partial charge in [0.05, 0.1) is 18.6 Å². The Morgan fingerprint density at radius 2 is 1.85 bits per heavy atom. The van der Waals surface area contributed by atoms with Crippen LogP contribution in [0.4, 0.5) is 0 Å². The summed E-state index contributed by atoms with van der Waals surface area (Å²) in [5, 5.41) is 0. The molecule has 0 saturated carbocycles. The Balaban J connectivity index is 1.91. The molecule has 0 unspecified atom stereocenters. The van der Waals surface area contributed by atoms with Crippen LogP contribution in [0.2, 0.25) is 0 Å². The van der Waals surface area contributed by atoms with Gasteiger partial charge in [0.25, 0.3) is 0 Å². The first-order chi connectivity index (χ1) is 9.72. The van der Waals surface area contributed by atoms with Crippen LogP contribution in [-0.4, -0.2) is 25.8 Å². The highest BCUT2D eigenvalue weighted by atomic mass is 16.5. The smallest absolute Gasteiger partial charge is 0.305 e. The normalized spacial score (nSPS) is 16.4. The predicted molar refractivity (Wildman–Crippen MR) is 81.6 cm³/mol. The Hall–Kier alpha value is -0.830. The summed E-state index contributed by atoms with van der Waals surface area (Å²) in [4.78, 5) is 11.6. The van der Waals surface area contributed by atoms with Crippen molar-refractivity contribution in [3.63, 3.8) is 0 Å². The van der Waals surface area contributed by atoms with Gasteiger partial charge in [0.1, 0.15) is 6.61 Å². The number of unbranched alkanes of at least 4 members (excludes halogenated alkanes) is 6. The van der Waals surface area contributed by atoms with E-state index in [0.717, 1.165) is 38.9 Å². The lowest BCUT2D eigenvalue weighted by Gasteiger charge is -2.39. The Morgan fingerprint density at radius 1 is 1.20 bits per heavy atom. The average Bonchev–Trinajstić information content (AvgIpc) is 2.41. The van der Waals surface area contributed by atoms with Gasteiger partial charge in [-0.2, -0.15) is 0 Å². The summed E-state index contributed by atoms with van der Waals surface area (Å²) in [5.41, 5.74) is 0.112. The first kappa shape index (κ1) is 17.2. The number of carbonyl (C=O) groups excluding carboxylic acids is 1. The summed E-state index contributed by atoms with van der Waals surface area (Å²) in [6, 6.07) is 0. The molecule has 1 aliphatic heterocycles. The van der Waals surface area contributed by atoms with Crippen LogP contribution in [0.15, 0.2) is 12.7 Å². The van der Waals surface area contributed by atoms with Crippen molar-refractivity contribution in [2.75, 3.05) is 19.8 Å². The monoisotopic (exact) mass is 282 g/mol. The van der Waals surface area contributed by atoms with Gasteiger partial charge in [0.15, 0.2) is 0 Å². The van der Waals surface area contributed by atoms with Crippen LogP contribution in [0.1, 0.15) is 64.7 Å². The van der Waals surface area contributed by atoms with Crippen LogP contribution in [0.25, 0.3) is 0 Å². The number of ether oxygens (including phenoxy) is 2. The third-order valence-electron chi connectivity index (χ3n) is 4.14. The molecule has 0 radical (unpaired) electrons. The number of hydrogen-bond donors (Lipinski definition) is 0. The molecular weight excluding hydrogens is 252 g/mol. The molecule has 3 nitrogen and oxygen atoms in total. The van der Waals surface area contributed by atoms with Gasteiger partial charge >= 0.3 is 5.97 Å². The molecule has 1 aliphatic rings. The highest BCUT2D eigenvalue weighted by Crippen LogP contribution is 2.31. The highest BCUT2D eigenvalue weighted by molar-refractivity contribution is 5.69. The first-order valence-electron chi connectivity index (χ1n) is 8.07. The number of esters is 1. The van der Waals surface area contributed by atoms with Crippen LogP contribution < -0.4 is 0 Å². The molecule has 0 aromatic carbocycles. The van der Waals surface area contributed by atoms with Crippen molar-refractivity contribution < 1.29 is 14.3 Å². The molecular formula is C17H30O3. The standard InChI is InChI=1S/C17H30O3/c1-3-5-6-7-8-9-10-11-12-16(18)20-15-17(4-2)13-19-14-17/h3H,1,4-15H2,2H3. The van der Waals surface area contributed by atoms with Gasteiger partial charge in [0.2, 0.25) is 0 Å². The largest absolute Gasteiger partial charge is 0.465 e. The molecule has 0 atom stereocenters. The third kappa shape index (κ3) is 6.56. The van der Waals surface area contributed by atoms with Gasteiger partial charge in [-0.05, 0) is 25.7 Å². The lowest BCUT2D eigenvalue weighted by atomic mass is 9.84. The Bertz CT molecular complexity index is 276. The molecule has 0 aliphatic carbocycles. The second-order valence-corrected chi connectivity index (χ2v) is 5.96. The zero-order valence-corrected chi connectivity index (χ0v) is 13.0.